The van der Waals surface area contributed by atoms with Crippen LogP contribution < -0.4 is 5.73 Å². The fourth-order valence-corrected chi connectivity index (χ4v) is 4.91. The zero-order chi connectivity index (χ0) is 13.3. The second-order valence-corrected chi connectivity index (χ2v) is 8.32. The van der Waals surface area contributed by atoms with E-state index in [1.807, 2.05) is 18.2 Å². The second-order valence-electron chi connectivity index (χ2n) is 4.77. The van der Waals surface area contributed by atoms with Crippen LogP contribution in [0, 0.1) is 5.92 Å². The normalized spacial score (nSPS) is 24.1. The third-order valence-corrected chi connectivity index (χ3v) is 5.98. The Kier molecular flexibility index (Phi) is 4.36. The summed E-state index contributed by atoms with van der Waals surface area (Å²) in [5.41, 5.74) is 7.07. The van der Waals surface area contributed by atoms with Gasteiger partial charge in [0.05, 0.1) is 11.5 Å². The van der Waals surface area contributed by atoms with Crippen molar-refractivity contribution in [2.45, 2.75) is 18.9 Å². The molecule has 2 rings (SSSR count). The smallest absolute Gasteiger partial charge is 0.150 e. The van der Waals surface area contributed by atoms with Gasteiger partial charge in [0, 0.05) is 15.5 Å². The maximum Gasteiger partial charge on any atom is 0.150 e. The molecule has 1 fully saturated rings. The largest absolute Gasteiger partial charge is 0.327 e. The molecule has 0 aromatic heterocycles. The molecule has 100 valence electrons. The standard InChI is InChI=1S/C12H15BrClNO2S/c13-10-2-1-8(11(14)6-10)5-12(15)9-3-4-18(16,17)7-9/h1-2,6,9,12H,3-5,7,15H2. The van der Waals surface area contributed by atoms with Gasteiger partial charge in [0.2, 0.25) is 0 Å². The molecule has 0 saturated carbocycles. The first-order valence-corrected chi connectivity index (χ1v) is 8.76. The summed E-state index contributed by atoms with van der Waals surface area (Å²) in [7, 11) is -2.87. The second kappa shape index (κ2) is 5.49. The van der Waals surface area contributed by atoms with Gasteiger partial charge in [-0.25, -0.2) is 8.42 Å². The fourth-order valence-electron chi connectivity index (χ4n) is 2.27. The van der Waals surface area contributed by atoms with Crippen LogP contribution in [-0.2, 0) is 16.3 Å². The van der Waals surface area contributed by atoms with E-state index in [0.717, 1.165) is 10.0 Å². The van der Waals surface area contributed by atoms with Crippen LogP contribution in [-0.4, -0.2) is 26.0 Å². The van der Waals surface area contributed by atoms with Gasteiger partial charge in [0.25, 0.3) is 0 Å². The van der Waals surface area contributed by atoms with E-state index in [9.17, 15) is 8.42 Å². The summed E-state index contributed by atoms with van der Waals surface area (Å²) < 4.78 is 23.8. The Morgan fingerprint density at radius 3 is 2.78 bits per heavy atom. The molecule has 1 aliphatic rings. The van der Waals surface area contributed by atoms with Gasteiger partial charge in [-0.15, -0.1) is 0 Å². The molecule has 0 aliphatic carbocycles. The summed E-state index contributed by atoms with van der Waals surface area (Å²) >= 11 is 9.48. The lowest BCUT2D eigenvalue weighted by Gasteiger charge is -2.18. The van der Waals surface area contributed by atoms with Gasteiger partial charge in [0.15, 0.2) is 9.84 Å². The Balaban J connectivity index is 2.05. The van der Waals surface area contributed by atoms with Gasteiger partial charge < -0.3 is 5.73 Å². The lowest BCUT2D eigenvalue weighted by Crippen LogP contribution is -2.33. The summed E-state index contributed by atoms with van der Waals surface area (Å²) in [6.07, 6.45) is 1.28. The fraction of sp³-hybridized carbons (Fsp3) is 0.500. The number of benzene rings is 1. The number of rotatable bonds is 3. The minimum atomic E-state index is -2.87. The van der Waals surface area contributed by atoms with E-state index in [4.69, 9.17) is 17.3 Å². The first-order chi connectivity index (χ1) is 8.37. The van der Waals surface area contributed by atoms with E-state index in [2.05, 4.69) is 15.9 Å². The van der Waals surface area contributed by atoms with Crippen molar-refractivity contribution in [2.75, 3.05) is 11.5 Å². The Morgan fingerprint density at radius 2 is 2.22 bits per heavy atom. The van der Waals surface area contributed by atoms with E-state index in [1.54, 1.807) is 0 Å². The summed E-state index contributed by atoms with van der Waals surface area (Å²) in [6.45, 7) is 0. The van der Waals surface area contributed by atoms with Crippen molar-refractivity contribution in [3.05, 3.63) is 33.3 Å². The molecule has 2 atom stereocenters. The van der Waals surface area contributed by atoms with E-state index in [1.165, 1.54) is 0 Å². The summed E-state index contributed by atoms with van der Waals surface area (Å²) in [5, 5.41) is 0.667. The Labute approximate surface area is 121 Å². The lowest BCUT2D eigenvalue weighted by atomic mass is 9.94. The van der Waals surface area contributed by atoms with Gasteiger partial charge in [0.1, 0.15) is 0 Å². The molecule has 2 unspecified atom stereocenters. The van der Waals surface area contributed by atoms with Crippen molar-refractivity contribution in [3.63, 3.8) is 0 Å². The number of nitrogens with two attached hydrogens (primary N) is 1. The topological polar surface area (TPSA) is 60.2 Å². The number of hydrogen-bond acceptors (Lipinski definition) is 3. The number of sulfone groups is 1. The van der Waals surface area contributed by atoms with E-state index < -0.39 is 9.84 Å². The highest BCUT2D eigenvalue weighted by molar-refractivity contribution is 9.10. The van der Waals surface area contributed by atoms with Crippen molar-refractivity contribution >= 4 is 37.4 Å². The molecule has 0 bridgehead atoms. The van der Waals surface area contributed by atoms with Crippen molar-refractivity contribution in [1.29, 1.82) is 0 Å². The molecule has 1 aromatic carbocycles. The molecule has 2 N–H and O–H groups in total. The van der Waals surface area contributed by atoms with Crippen LogP contribution in [0.25, 0.3) is 0 Å². The van der Waals surface area contributed by atoms with Crippen molar-refractivity contribution in [3.8, 4) is 0 Å². The van der Waals surface area contributed by atoms with Crippen LogP contribution >= 0.6 is 27.5 Å². The third-order valence-electron chi connectivity index (χ3n) is 3.34. The van der Waals surface area contributed by atoms with Crippen LogP contribution in [0.5, 0.6) is 0 Å². The Morgan fingerprint density at radius 1 is 1.50 bits per heavy atom. The van der Waals surface area contributed by atoms with E-state index in [-0.39, 0.29) is 23.5 Å². The van der Waals surface area contributed by atoms with Gasteiger partial charge >= 0.3 is 0 Å². The van der Waals surface area contributed by atoms with E-state index in [0.29, 0.717) is 17.9 Å². The summed E-state index contributed by atoms with van der Waals surface area (Å²) in [4.78, 5) is 0. The predicted molar refractivity (Wildman–Crippen MR) is 77.6 cm³/mol. The average molecular weight is 353 g/mol. The van der Waals surface area contributed by atoms with Crippen LogP contribution in [0.15, 0.2) is 22.7 Å². The van der Waals surface area contributed by atoms with Gasteiger partial charge in [-0.2, -0.15) is 0 Å². The highest BCUT2D eigenvalue weighted by Crippen LogP contribution is 2.26. The Hall–Kier alpha value is -0.100. The quantitative estimate of drug-likeness (QED) is 0.908. The number of halogens is 2. The summed E-state index contributed by atoms with van der Waals surface area (Å²) in [6, 6.07) is 5.52. The van der Waals surface area contributed by atoms with Gasteiger partial charge in [-0.3, -0.25) is 0 Å². The lowest BCUT2D eigenvalue weighted by molar-refractivity contribution is 0.461. The zero-order valence-electron chi connectivity index (χ0n) is 9.77. The molecular formula is C12H15BrClNO2S. The first kappa shape index (κ1) is 14.3. The first-order valence-electron chi connectivity index (χ1n) is 5.77. The highest BCUT2D eigenvalue weighted by Gasteiger charge is 2.32. The van der Waals surface area contributed by atoms with Crippen molar-refractivity contribution < 1.29 is 8.42 Å². The highest BCUT2D eigenvalue weighted by atomic mass is 79.9. The van der Waals surface area contributed by atoms with Gasteiger partial charge in [-0.05, 0) is 36.5 Å². The van der Waals surface area contributed by atoms with Gasteiger partial charge in [-0.1, -0.05) is 33.6 Å². The predicted octanol–water partition coefficient (Wildman–Crippen LogP) is 2.41. The molecule has 1 aromatic rings. The third kappa shape index (κ3) is 3.47. The average Bonchev–Trinajstić information content (AvgIpc) is 2.63. The molecule has 1 heterocycles. The van der Waals surface area contributed by atoms with Crippen molar-refractivity contribution in [2.24, 2.45) is 11.7 Å². The molecule has 6 heteroatoms. The molecule has 0 radical (unpaired) electrons. The van der Waals surface area contributed by atoms with Crippen LogP contribution in [0.1, 0.15) is 12.0 Å². The molecule has 3 nitrogen and oxygen atoms in total. The maximum absolute atomic E-state index is 11.4. The molecular weight excluding hydrogens is 338 g/mol. The molecule has 1 saturated heterocycles. The zero-order valence-corrected chi connectivity index (χ0v) is 12.9. The number of hydrogen-bond donors (Lipinski definition) is 1. The van der Waals surface area contributed by atoms with Crippen LogP contribution in [0.4, 0.5) is 0 Å². The minimum Gasteiger partial charge on any atom is -0.327 e. The molecule has 0 amide bonds. The molecule has 18 heavy (non-hydrogen) atoms. The Bertz CT molecular complexity index is 547. The molecule has 1 aliphatic heterocycles. The van der Waals surface area contributed by atoms with Crippen molar-refractivity contribution in [1.82, 2.24) is 0 Å². The van der Waals surface area contributed by atoms with Crippen LogP contribution in [0.2, 0.25) is 5.02 Å². The monoisotopic (exact) mass is 351 g/mol. The summed E-state index contributed by atoms with van der Waals surface area (Å²) in [5.74, 6) is 0.525. The van der Waals surface area contributed by atoms with E-state index >= 15 is 0 Å². The molecule has 0 spiro atoms. The SMILES string of the molecule is NC(Cc1ccc(Br)cc1Cl)C1CCS(=O)(=O)C1. The minimum absolute atomic E-state index is 0.0507. The maximum atomic E-state index is 11.4. The van der Waals surface area contributed by atoms with Crippen LogP contribution in [0.3, 0.4) is 0 Å².